The lowest BCUT2D eigenvalue weighted by Gasteiger charge is -2.24. The van der Waals surface area contributed by atoms with Crippen LogP contribution in [0.2, 0.25) is 0 Å². The molecule has 0 aliphatic heterocycles. The van der Waals surface area contributed by atoms with E-state index >= 15 is 0 Å². The van der Waals surface area contributed by atoms with Crippen LogP contribution in [0.4, 0.5) is 0 Å². The number of aromatic nitrogens is 2. The Hall–Kier alpha value is -0.440. The normalized spacial score (nSPS) is 12.9. The zero-order valence-corrected chi connectivity index (χ0v) is 12.5. The minimum atomic E-state index is -0.261. The van der Waals surface area contributed by atoms with Crippen molar-refractivity contribution in [3.05, 3.63) is 18.7 Å². The molecule has 100 valence electrons. The molecule has 0 aliphatic rings. The minimum absolute atomic E-state index is 0.261. The lowest BCUT2D eigenvalue weighted by Crippen LogP contribution is -1.98. The van der Waals surface area contributed by atoms with E-state index in [1.165, 1.54) is 44.3 Å². The van der Waals surface area contributed by atoms with Crippen molar-refractivity contribution in [3.8, 4) is 0 Å². The highest BCUT2D eigenvalue weighted by molar-refractivity contribution is 8.32. The van der Waals surface area contributed by atoms with E-state index in [0.29, 0.717) is 0 Å². The average Bonchev–Trinajstić information content (AvgIpc) is 2.73. The predicted octanol–water partition coefficient (Wildman–Crippen LogP) is 3.92. The Balaban J connectivity index is 1.85. The number of aryl methyl sites for hydroxylation is 1. The molecule has 2 nitrogen and oxygen atoms in total. The Morgan fingerprint density at radius 3 is 2.18 bits per heavy atom. The van der Waals surface area contributed by atoms with Crippen LogP contribution in [-0.4, -0.2) is 34.1 Å². The number of hydrogen-bond donors (Lipinski definition) is 0. The van der Waals surface area contributed by atoms with E-state index in [1.807, 2.05) is 18.7 Å². The van der Waals surface area contributed by atoms with Crippen molar-refractivity contribution in [1.29, 1.82) is 0 Å². The van der Waals surface area contributed by atoms with Crippen LogP contribution in [0.15, 0.2) is 18.7 Å². The Morgan fingerprint density at radius 1 is 0.941 bits per heavy atom. The summed E-state index contributed by atoms with van der Waals surface area (Å²) < 4.78 is 2.17. The number of rotatable bonds is 9. The van der Waals surface area contributed by atoms with Crippen LogP contribution in [0.1, 0.15) is 38.5 Å². The number of imidazole rings is 1. The summed E-state index contributed by atoms with van der Waals surface area (Å²) in [5.74, 6) is 1.45. The molecule has 0 fully saturated rings. The first kappa shape index (κ1) is 14.6. The fourth-order valence-corrected chi connectivity index (χ4v) is 3.03. The van der Waals surface area contributed by atoms with Gasteiger partial charge in [-0.25, -0.2) is 15.0 Å². The van der Waals surface area contributed by atoms with E-state index in [1.54, 1.807) is 0 Å². The van der Waals surface area contributed by atoms with Gasteiger partial charge in [0.2, 0.25) is 0 Å². The Kier molecular flexibility index (Phi) is 6.71. The van der Waals surface area contributed by atoms with Gasteiger partial charge < -0.3 is 4.57 Å². The molecule has 0 spiro atoms. The van der Waals surface area contributed by atoms with Crippen LogP contribution in [0.5, 0.6) is 0 Å². The topological polar surface area (TPSA) is 17.8 Å². The van der Waals surface area contributed by atoms with Crippen LogP contribution >= 0.6 is 10.0 Å². The van der Waals surface area contributed by atoms with Gasteiger partial charge in [0.15, 0.2) is 0 Å². The van der Waals surface area contributed by atoms with Crippen molar-refractivity contribution < 1.29 is 0 Å². The highest BCUT2D eigenvalue weighted by Gasteiger charge is 2.02. The maximum atomic E-state index is 4.05. The summed E-state index contributed by atoms with van der Waals surface area (Å²) in [5, 5.41) is 0. The summed E-state index contributed by atoms with van der Waals surface area (Å²) in [5.41, 5.74) is 0. The van der Waals surface area contributed by atoms with Crippen molar-refractivity contribution >= 4 is 10.0 Å². The SMILES string of the molecule is CS(C)(C)CCCCCCCCn1ccnc1. The Morgan fingerprint density at radius 2 is 1.59 bits per heavy atom. The van der Waals surface area contributed by atoms with Crippen LogP contribution < -0.4 is 0 Å². The van der Waals surface area contributed by atoms with Crippen molar-refractivity contribution in [1.82, 2.24) is 9.55 Å². The summed E-state index contributed by atoms with van der Waals surface area (Å²) in [6, 6.07) is 0. The highest BCUT2D eigenvalue weighted by Crippen LogP contribution is 2.35. The maximum absolute atomic E-state index is 4.05. The van der Waals surface area contributed by atoms with E-state index in [0.717, 1.165) is 6.54 Å². The summed E-state index contributed by atoms with van der Waals surface area (Å²) in [4.78, 5) is 4.05. The van der Waals surface area contributed by atoms with Crippen molar-refractivity contribution in [2.45, 2.75) is 45.1 Å². The van der Waals surface area contributed by atoms with Gasteiger partial charge in [-0.05, 0) is 37.4 Å². The Bertz CT molecular complexity index is 275. The van der Waals surface area contributed by atoms with Crippen LogP contribution in [0.25, 0.3) is 0 Å². The van der Waals surface area contributed by atoms with Gasteiger partial charge in [0.25, 0.3) is 0 Å². The monoisotopic (exact) mass is 256 g/mol. The molecule has 0 N–H and O–H groups in total. The molecule has 17 heavy (non-hydrogen) atoms. The number of hydrogen-bond acceptors (Lipinski definition) is 1. The minimum Gasteiger partial charge on any atom is -0.337 e. The van der Waals surface area contributed by atoms with Gasteiger partial charge in [0.05, 0.1) is 6.33 Å². The van der Waals surface area contributed by atoms with Gasteiger partial charge in [0.1, 0.15) is 0 Å². The molecule has 0 saturated carbocycles. The predicted molar refractivity (Wildman–Crippen MR) is 80.2 cm³/mol. The van der Waals surface area contributed by atoms with E-state index in [-0.39, 0.29) is 10.0 Å². The van der Waals surface area contributed by atoms with Gasteiger partial charge >= 0.3 is 0 Å². The lowest BCUT2D eigenvalue weighted by atomic mass is 10.1. The second-order valence-electron chi connectivity index (χ2n) is 5.72. The second-order valence-corrected chi connectivity index (χ2v) is 10.3. The third-order valence-corrected chi connectivity index (χ3v) is 4.50. The molecule has 0 aliphatic carbocycles. The van der Waals surface area contributed by atoms with Gasteiger partial charge in [-0.2, -0.15) is 0 Å². The lowest BCUT2D eigenvalue weighted by molar-refractivity contribution is 0.558. The fraction of sp³-hybridized carbons (Fsp3) is 0.786. The molecule has 1 heterocycles. The van der Waals surface area contributed by atoms with E-state index in [2.05, 4.69) is 28.3 Å². The average molecular weight is 256 g/mol. The van der Waals surface area contributed by atoms with Crippen molar-refractivity contribution in [3.63, 3.8) is 0 Å². The second kappa shape index (κ2) is 7.80. The molecule has 0 bridgehead atoms. The van der Waals surface area contributed by atoms with E-state index < -0.39 is 0 Å². The largest absolute Gasteiger partial charge is 0.337 e. The standard InChI is InChI=1S/C14H28N2S/c1-17(2,3)13-9-7-5-4-6-8-11-16-12-10-15-14-16/h10,12,14H,4-9,11,13H2,1-3H3. The molecular weight excluding hydrogens is 228 g/mol. The summed E-state index contributed by atoms with van der Waals surface area (Å²) in [6.45, 7) is 1.13. The Labute approximate surface area is 108 Å². The fourth-order valence-electron chi connectivity index (χ4n) is 1.96. The van der Waals surface area contributed by atoms with E-state index in [9.17, 15) is 0 Å². The molecule has 3 heteroatoms. The molecule has 0 atom stereocenters. The summed E-state index contributed by atoms with van der Waals surface area (Å²) in [7, 11) is -0.261. The molecule has 1 aromatic rings. The van der Waals surface area contributed by atoms with Gasteiger partial charge in [-0.1, -0.05) is 25.7 Å². The first-order valence-electron chi connectivity index (χ1n) is 6.70. The third kappa shape index (κ3) is 8.31. The smallest absolute Gasteiger partial charge is 0.0945 e. The molecule has 1 aromatic heterocycles. The summed E-state index contributed by atoms with van der Waals surface area (Å²) in [6.07, 6.45) is 21.4. The first-order valence-corrected chi connectivity index (χ1v) is 9.72. The molecule has 0 aromatic carbocycles. The van der Waals surface area contributed by atoms with Gasteiger partial charge in [-0.15, -0.1) is 0 Å². The molecule has 1 rings (SSSR count). The number of unbranched alkanes of at least 4 members (excludes halogenated alkanes) is 5. The summed E-state index contributed by atoms with van der Waals surface area (Å²) >= 11 is 0. The van der Waals surface area contributed by atoms with Crippen molar-refractivity contribution in [2.75, 3.05) is 24.5 Å². The maximum Gasteiger partial charge on any atom is 0.0945 e. The zero-order chi connectivity index (χ0) is 12.6. The molecular formula is C14H28N2S. The molecule has 0 saturated heterocycles. The quantitative estimate of drug-likeness (QED) is 0.612. The first-order chi connectivity index (χ1) is 8.08. The van der Waals surface area contributed by atoms with E-state index in [4.69, 9.17) is 0 Å². The highest BCUT2D eigenvalue weighted by atomic mass is 32.3. The number of nitrogens with zero attached hydrogens (tertiary/aromatic N) is 2. The zero-order valence-electron chi connectivity index (χ0n) is 11.7. The van der Waals surface area contributed by atoms with Gasteiger partial charge in [-0.3, -0.25) is 0 Å². The third-order valence-electron chi connectivity index (χ3n) is 2.98. The van der Waals surface area contributed by atoms with Crippen LogP contribution in [-0.2, 0) is 6.54 Å². The van der Waals surface area contributed by atoms with Crippen LogP contribution in [0, 0.1) is 0 Å². The molecule has 0 radical (unpaired) electrons. The molecule has 0 unspecified atom stereocenters. The van der Waals surface area contributed by atoms with Crippen molar-refractivity contribution in [2.24, 2.45) is 0 Å². The molecule has 0 amide bonds. The van der Waals surface area contributed by atoms with Crippen LogP contribution in [0.3, 0.4) is 0 Å². The van der Waals surface area contributed by atoms with Gasteiger partial charge in [0, 0.05) is 18.9 Å².